The zero-order chi connectivity index (χ0) is 19.8. The standard InChI is InChI=1S/C22H24N4OS/c1-2-9-18(17-10-4-3-5-11-17)24-21(27)16-28-22-25-19-12-6-7-13-20(19)26(22)15-8-14-23/h3-7,10-13,18H,2,8-9,15-16H2,1H3,(H,24,27)/t18-/m0/s1. The minimum atomic E-state index is -0.00816. The molecule has 0 unspecified atom stereocenters. The van der Waals surface area contributed by atoms with Crippen molar-refractivity contribution in [1.82, 2.24) is 14.9 Å². The normalized spacial score (nSPS) is 11.9. The highest BCUT2D eigenvalue weighted by atomic mass is 32.2. The van der Waals surface area contributed by atoms with Crippen LogP contribution in [0.2, 0.25) is 0 Å². The summed E-state index contributed by atoms with van der Waals surface area (Å²) in [4.78, 5) is 17.2. The van der Waals surface area contributed by atoms with Crippen LogP contribution in [0.4, 0.5) is 0 Å². The molecular formula is C22H24N4OS. The number of fused-ring (bicyclic) bond motifs is 1. The molecule has 3 rings (SSSR count). The largest absolute Gasteiger partial charge is 0.349 e. The molecule has 3 aromatic rings. The van der Waals surface area contributed by atoms with Gasteiger partial charge in [-0.15, -0.1) is 0 Å². The molecule has 0 radical (unpaired) electrons. The SMILES string of the molecule is CCC[C@H](NC(=O)CSc1nc2ccccc2n1CCC#N)c1ccccc1. The van der Waals surface area contributed by atoms with Crippen LogP contribution in [0, 0.1) is 11.3 Å². The van der Waals surface area contributed by atoms with Crippen molar-refractivity contribution in [3.63, 3.8) is 0 Å². The van der Waals surface area contributed by atoms with E-state index in [1.54, 1.807) is 0 Å². The van der Waals surface area contributed by atoms with Crippen LogP contribution >= 0.6 is 11.8 Å². The number of carbonyl (C=O) groups is 1. The third-order valence-electron chi connectivity index (χ3n) is 4.51. The van der Waals surface area contributed by atoms with Gasteiger partial charge in [-0.1, -0.05) is 67.6 Å². The third-order valence-corrected chi connectivity index (χ3v) is 5.49. The highest BCUT2D eigenvalue weighted by Gasteiger charge is 2.16. The number of aromatic nitrogens is 2. The van der Waals surface area contributed by atoms with Crippen molar-refractivity contribution < 1.29 is 4.79 Å². The molecule has 28 heavy (non-hydrogen) atoms. The maximum absolute atomic E-state index is 12.6. The lowest BCUT2D eigenvalue weighted by Crippen LogP contribution is -2.30. The summed E-state index contributed by atoms with van der Waals surface area (Å²) in [6, 6.07) is 20.1. The average Bonchev–Trinajstić information content (AvgIpc) is 3.08. The lowest BCUT2D eigenvalue weighted by molar-refractivity contribution is -0.119. The van der Waals surface area contributed by atoms with Gasteiger partial charge in [0.15, 0.2) is 5.16 Å². The minimum absolute atomic E-state index is 0.00816. The van der Waals surface area contributed by atoms with E-state index in [0.29, 0.717) is 18.7 Å². The van der Waals surface area contributed by atoms with E-state index in [-0.39, 0.29) is 11.9 Å². The monoisotopic (exact) mass is 392 g/mol. The Morgan fingerprint density at radius 3 is 2.71 bits per heavy atom. The maximum atomic E-state index is 12.6. The lowest BCUT2D eigenvalue weighted by atomic mass is 10.0. The summed E-state index contributed by atoms with van der Waals surface area (Å²) in [5.41, 5.74) is 3.01. The molecule has 5 nitrogen and oxygen atoms in total. The summed E-state index contributed by atoms with van der Waals surface area (Å²) < 4.78 is 2.03. The highest BCUT2D eigenvalue weighted by Crippen LogP contribution is 2.25. The van der Waals surface area contributed by atoms with E-state index in [1.165, 1.54) is 11.8 Å². The van der Waals surface area contributed by atoms with Crippen LogP contribution in [-0.2, 0) is 11.3 Å². The molecular weight excluding hydrogens is 368 g/mol. The fourth-order valence-electron chi connectivity index (χ4n) is 3.20. The zero-order valence-electron chi connectivity index (χ0n) is 16.0. The predicted molar refractivity (Wildman–Crippen MR) is 113 cm³/mol. The van der Waals surface area contributed by atoms with Crippen LogP contribution in [0.3, 0.4) is 0 Å². The first-order valence-corrected chi connectivity index (χ1v) is 10.5. The first kappa shape index (κ1) is 20.0. The number of aryl methyl sites for hydroxylation is 1. The smallest absolute Gasteiger partial charge is 0.230 e. The number of rotatable bonds is 9. The molecule has 0 aliphatic heterocycles. The van der Waals surface area contributed by atoms with Gasteiger partial charge in [-0.2, -0.15) is 5.26 Å². The van der Waals surface area contributed by atoms with Crippen molar-refractivity contribution in [3.05, 3.63) is 60.2 Å². The van der Waals surface area contributed by atoms with E-state index in [9.17, 15) is 4.79 Å². The summed E-state index contributed by atoms with van der Waals surface area (Å²) in [6.45, 7) is 2.69. The van der Waals surface area contributed by atoms with Crippen LogP contribution in [0.1, 0.15) is 37.8 Å². The number of nitrogens with one attached hydrogen (secondary N) is 1. The van der Waals surface area contributed by atoms with Crippen molar-refractivity contribution in [2.24, 2.45) is 0 Å². The summed E-state index contributed by atoms with van der Waals surface area (Å²) in [5.74, 6) is 0.286. The van der Waals surface area contributed by atoms with Crippen LogP contribution in [0.25, 0.3) is 11.0 Å². The fourth-order valence-corrected chi connectivity index (χ4v) is 4.06. The summed E-state index contributed by atoms with van der Waals surface area (Å²) in [5, 5.41) is 12.9. The van der Waals surface area contributed by atoms with Gasteiger partial charge in [-0.05, 0) is 24.1 Å². The Labute approximate surface area is 169 Å². The molecule has 0 bridgehead atoms. The van der Waals surface area contributed by atoms with Crippen LogP contribution < -0.4 is 5.32 Å². The average molecular weight is 393 g/mol. The molecule has 0 aliphatic carbocycles. The van der Waals surface area contributed by atoms with E-state index < -0.39 is 0 Å². The number of hydrogen-bond acceptors (Lipinski definition) is 4. The topological polar surface area (TPSA) is 70.7 Å². The number of imidazole rings is 1. The number of benzene rings is 2. The van der Waals surface area contributed by atoms with Gasteiger partial charge < -0.3 is 9.88 Å². The Morgan fingerprint density at radius 1 is 1.21 bits per heavy atom. The second-order valence-electron chi connectivity index (χ2n) is 6.55. The van der Waals surface area contributed by atoms with Crippen LogP contribution in [0.15, 0.2) is 59.8 Å². The van der Waals surface area contributed by atoms with Gasteiger partial charge in [0.1, 0.15) is 0 Å². The van der Waals surface area contributed by atoms with Crippen molar-refractivity contribution in [2.75, 3.05) is 5.75 Å². The number of amides is 1. The fraction of sp³-hybridized carbons (Fsp3) is 0.318. The molecule has 1 amide bonds. The number of para-hydroxylation sites is 2. The van der Waals surface area contributed by atoms with Gasteiger partial charge >= 0.3 is 0 Å². The quantitative estimate of drug-likeness (QED) is 0.536. The van der Waals surface area contributed by atoms with E-state index in [0.717, 1.165) is 34.6 Å². The Balaban J connectivity index is 1.69. The Hall–Kier alpha value is -2.78. The van der Waals surface area contributed by atoms with Crippen LogP contribution in [0.5, 0.6) is 0 Å². The lowest BCUT2D eigenvalue weighted by Gasteiger charge is -2.18. The van der Waals surface area contributed by atoms with Gasteiger partial charge in [-0.3, -0.25) is 4.79 Å². The molecule has 0 aliphatic rings. The van der Waals surface area contributed by atoms with Crippen molar-refractivity contribution in [3.8, 4) is 6.07 Å². The first-order chi connectivity index (χ1) is 13.7. The Kier molecular flexibility index (Phi) is 7.10. The van der Waals surface area contributed by atoms with Crippen molar-refractivity contribution in [1.29, 1.82) is 5.26 Å². The molecule has 0 spiro atoms. The van der Waals surface area contributed by atoms with Crippen molar-refractivity contribution in [2.45, 2.75) is 43.9 Å². The van der Waals surface area contributed by atoms with Crippen LogP contribution in [-0.4, -0.2) is 21.2 Å². The van der Waals surface area contributed by atoms with E-state index >= 15 is 0 Å². The van der Waals surface area contributed by atoms with E-state index in [2.05, 4.69) is 35.4 Å². The number of thioether (sulfide) groups is 1. The molecule has 6 heteroatoms. The second-order valence-corrected chi connectivity index (χ2v) is 7.49. The number of nitrogens with zero attached hydrogens (tertiary/aromatic N) is 3. The number of nitriles is 1. The molecule has 0 fully saturated rings. The zero-order valence-corrected chi connectivity index (χ0v) is 16.8. The van der Waals surface area contributed by atoms with Gasteiger partial charge in [-0.25, -0.2) is 4.98 Å². The summed E-state index contributed by atoms with van der Waals surface area (Å²) in [7, 11) is 0. The molecule has 0 saturated heterocycles. The van der Waals surface area contributed by atoms with Crippen molar-refractivity contribution >= 4 is 28.7 Å². The van der Waals surface area contributed by atoms with E-state index in [1.807, 2.05) is 47.0 Å². The molecule has 0 saturated carbocycles. The molecule has 1 atom stereocenters. The Morgan fingerprint density at radius 2 is 1.96 bits per heavy atom. The maximum Gasteiger partial charge on any atom is 0.230 e. The number of hydrogen-bond donors (Lipinski definition) is 1. The molecule has 2 aromatic carbocycles. The summed E-state index contributed by atoms with van der Waals surface area (Å²) in [6.07, 6.45) is 2.31. The van der Waals surface area contributed by atoms with Gasteiger partial charge in [0.2, 0.25) is 5.91 Å². The molecule has 1 heterocycles. The third kappa shape index (κ3) is 4.93. The van der Waals surface area contributed by atoms with Gasteiger partial charge in [0.25, 0.3) is 0 Å². The second kappa shape index (κ2) is 9.95. The molecule has 144 valence electrons. The molecule has 1 aromatic heterocycles. The number of carbonyl (C=O) groups excluding carboxylic acids is 1. The van der Waals surface area contributed by atoms with Gasteiger partial charge in [0, 0.05) is 6.54 Å². The minimum Gasteiger partial charge on any atom is -0.349 e. The predicted octanol–water partition coefficient (Wildman–Crippen LogP) is 4.70. The first-order valence-electron chi connectivity index (χ1n) is 9.52. The molecule has 1 N–H and O–H groups in total. The van der Waals surface area contributed by atoms with E-state index in [4.69, 9.17) is 5.26 Å². The Bertz CT molecular complexity index is 962. The van der Waals surface area contributed by atoms with Gasteiger partial charge in [0.05, 0.1) is 35.3 Å². The summed E-state index contributed by atoms with van der Waals surface area (Å²) >= 11 is 1.42. The highest BCUT2D eigenvalue weighted by molar-refractivity contribution is 7.99.